The second-order valence-corrected chi connectivity index (χ2v) is 7.77. The predicted molar refractivity (Wildman–Crippen MR) is 95.9 cm³/mol. The highest BCUT2D eigenvalue weighted by Crippen LogP contribution is 2.32. The van der Waals surface area contributed by atoms with Crippen molar-refractivity contribution in [2.75, 3.05) is 45.2 Å². The molecule has 1 atom stereocenters. The monoisotopic (exact) mass is 345 g/mol. The zero-order chi connectivity index (χ0) is 17.6. The van der Waals surface area contributed by atoms with Gasteiger partial charge in [0.25, 0.3) is 5.56 Å². The maximum atomic E-state index is 13.1. The Balaban J connectivity index is 1.51. The summed E-state index contributed by atoms with van der Waals surface area (Å²) < 4.78 is 0. The third kappa shape index (κ3) is 3.05. The Bertz CT molecular complexity index is 721. The molecule has 7 nitrogen and oxygen atoms in total. The van der Waals surface area contributed by atoms with Crippen LogP contribution in [0.15, 0.2) is 4.79 Å². The van der Waals surface area contributed by atoms with Gasteiger partial charge in [0.15, 0.2) is 0 Å². The van der Waals surface area contributed by atoms with Crippen LogP contribution in [0.4, 0.5) is 5.95 Å². The van der Waals surface area contributed by atoms with E-state index < -0.39 is 0 Å². The average molecular weight is 345 g/mol. The number of fused-ring (bicyclic) bond motifs is 4. The van der Waals surface area contributed by atoms with Crippen molar-refractivity contribution in [3.63, 3.8) is 0 Å². The number of carbonyl (C=O) groups is 1. The van der Waals surface area contributed by atoms with Crippen LogP contribution in [0.25, 0.3) is 0 Å². The van der Waals surface area contributed by atoms with Crippen LogP contribution >= 0.6 is 0 Å². The molecule has 4 aliphatic heterocycles. The predicted octanol–water partition coefficient (Wildman–Crippen LogP) is 0.247. The smallest absolute Gasteiger partial charge is 0.255 e. The lowest BCUT2D eigenvalue weighted by molar-refractivity contribution is -0.141. The molecule has 3 fully saturated rings. The van der Waals surface area contributed by atoms with E-state index in [4.69, 9.17) is 0 Å². The van der Waals surface area contributed by atoms with Gasteiger partial charge in [-0.1, -0.05) is 0 Å². The number of aromatic nitrogens is 2. The van der Waals surface area contributed by atoms with Gasteiger partial charge >= 0.3 is 0 Å². The first kappa shape index (κ1) is 16.6. The number of nitrogens with one attached hydrogen (secondary N) is 1. The Labute approximate surface area is 148 Å². The zero-order valence-electron chi connectivity index (χ0n) is 15.1. The van der Waals surface area contributed by atoms with E-state index in [2.05, 4.69) is 14.9 Å². The highest BCUT2D eigenvalue weighted by molar-refractivity contribution is 5.82. The van der Waals surface area contributed by atoms with E-state index in [0.29, 0.717) is 31.9 Å². The summed E-state index contributed by atoms with van der Waals surface area (Å²) in [6, 6.07) is 0.0530. The van der Waals surface area contributed by atoms with Crippen LogP contribution < -0.4 is 10.5 Å². The number of aromatic amines is 1. The fraction of sp³-hybridized carbons (Fsp3) is 0.722. The molecule has 1 amide bonds. The molecule has 5 rings (SSSR count). The molecule has 0 aromatic carbocycles. The van der Waals surface area contributed by atoms with E-state index in [9.17, 15) is 9.59 Å². The molecule has 4 aliphatic rings. The number of carbonyl (C=O) groups excluding carboxylic acids is 1. The van der Waals surface area contributed by atoms with Gasteiger partial charge in [-0.05, 0) is 44.7 Å². The van der Waals surface area contributed by atoms with E-state index >= 15 is 0 Å². The minimum Gasteiger partial charge on any atom is -0.348 e. The van der Waals surface area contributed by atoms with Crippen molar-refractivity contribution in [3.05, 3.63) is 21.6 Å². The van der Waals surface area contributed by atoms with E-state index in [-0.39, 0.29) is 17.5 Å². The van der Waals surface area contributed by atoms with Crippen molar-refractivity contribution in [1.29, 1.82) is 0 Å². The molecular weight excluding hydrogens is 318 g/mol. The van der Waals surface area contributed by atoms with Crippen LogP contribution in [0.1, 0.15) is 30.5 Å². The largest absolute Gasteiger partial charge is 0.348 e. The summed E-state index contributed by atoms with van der Waals surface area (Å²) in [4.78, 5) is 39.0. The molecule has 7 heteroatoms. The van der Waals surface area contributed by atoms with Gasteiger partial charge in [-0.15, -0.1) is 0 Å². The van der Waals surface area contributed by atoms with Crippen molar-refractivity contribution in [3.8, 4) is 0 Å². The molecule has 1 aromatic heterocycles. The summed E-state index contributed by atoms with van der Waals surface area (Å²) in [7, 11) is 3.73. The molecule has 0 saturated carbocycles. The van der Waals surface area contributed by atoms with Crippen molar-refractivity contribution in [1.82, 2.24) is 19.8 Å². The molecule has 1 N–H and O–H groups in total. The maximum absolute atomic E-state index is 13.1. The Morgan fingerprint density at radius 1 is 1.16 bits per heavy atom. The van der Waals surface area contributed by atoms with Gasteiger partial charge in [-0.2, -0.15) is 0 Å². The number of hydrogen-bond acceptors (Lipinski definition) is 5. The minimum atomic E-state index is -0.0662. The van der Waals surface area contributed by atoms with Gasteiger partial charge in [0.2, 0.25) is 11.9 Å². The Morgan fingerprint density at radius 3 is 2.52 bits per heavy atom. The van der Waals surface area contributed by atoms with Crippen LogP contribution in [-0.4, -0.2) is 72.0 Å². The van der Waals surface area contributed by atoms with E-state index in [1.807, 2.05) is 23.9 Å². The van der Waals surface area contributed by atoms with Crippen molar-refractivity contribution >= 4 is 11.9 Å². The second-order valence-electron chi connectivity index (χ2n) is 7.77. The molecule has 0 aliphatic carbocycles. The standard InChI is InChI=1S/C18H27N5O2/c1-21(2)18-19-14-6-10-23(9-5-13(14)16(24)20-18)17(25)15-11-12-3-7-22(15)8-4-12/h12,15H,3-11H2,1-2H3,(H,19,20,24). The quantitative estimate of drug-likeness (QED) is 0.832. The molecular formula is C18H27N5O2. The van der Waals surface area contributed by atoms with Crippen LogP contribution in [0.5, 0.6) is 0 Å². The normalized spacial score (nSPS) is 28.4. The summed E-state index contributed by atoms with van der Waals surface area (Å²) in [6.45, 7) is 3.39. The highest BCUT2D eigenvalue weighted by Gasteiger charge is 2.39. The Kier molecular flexibility index (Phi) is 4.27. The zero-order valence-corrected chi connectivity index (χ0v) is 15.1. The van der Waals surface area contributed by atoms with Crippen molar-refractivity contribution < 1.29 is 4.79 Å². The molecule has 0 radical (unpaired) electrons. The number of H-pyrrole nitrogens is 1. The Morgan fingerprint density at radius 2 is 1.88 bits per heavy atom. The molecule has 1 aromatic rings. The summed E-state index contributed by atoms with van der Waals surface area (Å²) in [6.07, 6.45) is 4.73. The number of rotatable bonds is 2. The summed E-state index contributed by atoms with van der Waals surface area (Å²) >= 11 is 0. The lowest BCUT2D eigenvalue weighted by atomic mass is 9.83. The van der Waals surface area contributed by atoms with Gasteiger partial charge in [0, 0.05) is 39.2 Å². The van der Waals surface area contributed by atoms with Gasteiger partial charge in [0.05, 0.1) is 11.7 Å². The first-order chi connectivity index (χ1) is 12.0. The second kappa shape index (κ2) is 6.44. The number of piperidine rings is 3. The van der Waals surface area contributed by atoms with E-state index in [1.54, 1.807) is 0 Å². The fourth-order valence-corrected chi connectivity index (χ4v) is 4.46. The van der Waals surface area contributed by atoms with Crippen molar-refractivity contribution in [2.45, 2.75) is 38.1 Å². The van der Waals surface area contributed by atoms with Crippen molar-refractivity contribution in [2.24, 2.45) is 5.92 Å². The molecule has 0 spiro atoms. The van der Waals surface area contributed by atoms with Crippen LogP contribution in [0.3, 0.4) is 0 Å². The highest BCUT2D eigenvalue weighted by atomic mass is 16.2. The number of anilines is 1. The van der Waals surface area contributed by atoms with E-state index in [1.165, 1.54) is 12.8 Å². The lowest BCUT2D eigenvalue weighted by Crippen LogP contribution is -2.56. The lowest BCUT2D eigenvalue weighted by Gasteiger charge is -2.45. The van der Waals surface area contributed by atoms with Crippen LogP contribution in [0, 0.1) is 5.92 Å². The summed E-state index contributed by atoms with van der Waals surface area (Å²) in [5, 5.41) is 0. The van der Waals surface area contributed by atoms with Crippen LogP contribution in [0.2, 0.25) is 0 Å². The molecule has 3 saturated heterocycles. The molecule has 2 bridgehead atoms. The first-order valence-electron chi connectivity index (χ1n) is 9.35. The van der Waals surface area contributed by atoms with Gasteiger partial charge in [0.1, 0.15) is 0 Å². The van der Waals surface area contributed by atoms with Gasteiger partial charge in [-0.3, -0.25) is 19.5 Å². The molecule has 136 valence electrons. The average Bonchev–Trinajstić information content (AvgIpc) is 2.85. The first-order valence-corrected chi connectivity index (χ1v) is 9.35. The van der Waals surface area contributed by atoms with Crippen LogP contribution in [-0.2, 0) is 17.6 Å². The SMILES string of the molecule is CN(C)c1nc2c(c(=O)[nH]1)CCN(C(=O)C1CC3CCN1CC3)CC2. The maximum Gasteiger partial charge on any atom is 0.255 e. The third-order valence-electron chi connectivity index (χ3n) is 6.01. The fourth-order valence-electron chi connectivity index (χ4n) is 4.46. The number of nitrogens with zero attached hydrogens (tertiary/aromatic N) is 4. The third-order valence-corrected chi connectivity index (χ3v) is 6.01. The molecule has 5 heterocycles. The number of hydrogen-bond donors (Lipinski definition) is 1. The molecule has 1 unspecified atom stereocenters. The van der Waals surface area contributed by atoms with Gasteiger partial charge < -0.3 is 9.80 Å². The topological polar surface area (TPSA) is 72.5 Å². The summed E-state index contributed by atoms with van der Waals surface area (Å²) in [5.74, 6) is 1.55. The molecule has 25 heavy (non-hydrogen) atoms. The minimum absolute atomic E-state index is 0.0530. The van der Waals surface area contributed by atoms with Gasteiger partial charge in [-0.25, -0.2) is 4.98 Å². The number of amides is 1. The summed E-state index contributed by atoms with van der Waals surface area (Å²) in [5.41, 5.74) is 1.52. The Hall–Kier alpha value is -1.89. The van der Waals surface area contributed by atoms with E-state index in [0.717, 1.165) is 36.7 Å².